The van der Waals surface area contributed by atoms with Crippen LogP contribution in [0.2, 0.25) is 0 Å². The van der Waals surface area contributed by atoms with Crippen molar-refractivity contribution in [2.45, 2.75) is 17.9 Å². The molecule has 0 aliphatic heterocycles. The first-order chi connectivity index (χ1) is 9.38. The van der Waals surface area contributed by atoms with Gasteiger partial charge in [0.05, 0.1) is 10.9 Å². The first kappa shape index (κ1) is 14.5. The molecule has 0 bridgehead atoms. The second-order valence-corrected chi connectivity index (χ2v) is 6.70. The third kappa shape index (κ3) is 3.36. The van der Waals surface area contributed by atoms with Crippen LogP contribution in [0.1, 0.15) is 18.5 Å². The Morgan fingerprint density at radius 3 is 2.45 bits per heavy atom. The Morgan fingerprint density at radius 2 is 1.80 bits per heavy atom. The van der Waals surface area contributed by atoms with E-state index >= 15 is 0 Å². The van der Waals surface area contributed by atoms with Gasteiger partial charge >= 0.3 is 0 Å². The van der Waals surface area contributed by atoms with E-state index in [1.54, 1.807) is 36.4 Å². The van der Waals surface area contributed by atoms with Gasteiger partial charge in [-0.3, -0.25) is 0 Å². The second-order valence-electron chi connectivity index (χ2n) is 4.69. The van der Waals surface area contributed by atoms with Crippen LogP contribution in [0.3, 0.4) is 0 Å². The molecule has 2 rings (SSSR count). The van der Waals surface area contributed by atoms with Crippen molar-refractivity contribution in [1.29, 1.82) is 0 Å². The molecule has 0 radical (unpaired) electrons. The standard InChI is InChI=1S/C15H16FNO2S/c1-11(14-8-3-4-9-15(14)16)17-12-6-5-7-13(10-12)20(2,18)19/h3-11,17H,1-2H3. The molecular formula is C15H16FNO2S. The summed E-state index contributed by atoms with van der Waals surface area (Å²) < 4.78 is 36.7. The molecule has 0 fully saturated rings. The van der Waals surface area contributed by atoms with Gasteiger partial charge in [0.25, 0.3) is 0 Å². The maximum atomic E-state index is 13.7. The minimum atomic E-state index is -3.25. The number of nitrogens with one attached hydrogen (secondary N) is 1. The van der Waals surface area contributed by atoms with Crippen LogP contribution in [-0.4, -0.2) is 14.7 Å². The normalized spacial score (nSPS) is 12.9. The van der Waals surface area contributed by atoms with Gasteiger partial charge in [-0.1, -0.05) is 24.3 Å². The Morgan fingerprint density at radius 1 is 1.10 bits per heavy atom. The summed E-state index contributed by atoms with van der Waals surface area (Å²) in [7, 11) is -3.25. The first-order valence-electron chi connectivity index (χ1n) is 6.19. The van der Waals surface area contributed by atoms with Crippen molar-refractivity contribution in [2.24, 2.45) is 0 Å². The van der Waals surface area contributed by atoms with Gasteiger partial charge in [0.15, 0.2) is 9.84 Å². The number of benzene rings is 2. The molecule has 3 nitrogen and oxygen atoms in total. The summed E-state index contributed by atoms with van der Waals surface area (Å²) >= 11 is 0. The molecule has 106 valence electrons. The highest BCUT2D eigenvalue weighted by atomic mass is 32.2. The van der Waals surface area contributed by atoms with E-state index in [9.17, 15) is 12.8 Å². The molecule has 0 heterocycles. The zero-order valence-corrected chi connectivity index (χ0v) is 12.1. The fraction of sp³-hybridized carbons (Fsp3) is 0.200. The third-order valence-corrected chi connectivity index (χ3v) is 4.13. The molecular weight excluding hydrogens is 277 g/mol. The monoisotopic (exact) mass is 293 g/mol. The molecule has 0 saturated heterocycles. The Balaban J connectivity index is 2.25. The summed E-state index contributed by atoms with van der Waals surface area (Å²) in [4.78, 5) is 0.239. The number of anilines is 1. The average molecular weight is 293 g/mol. The highest BCUT2D eigenvalue weighted by Gasteiger charge is 2.12. The highest BCUT2D eigenvalue weighted by molar-refractivity contribution is 7.90. The summed E-state index contributed by atoms with van der Waals surface area (Å²) in [5, 5.41) is 3.11. The fourth-order valence-corrected chi connectivity index (χ4v) is 2.64. The highest BCUT2D eigenvalue weighted by Crippen LogP contribution is 2.23. The van der Waals surface area contributed by atoms with E-state index in [4.69, 9.17) is 0 Å². The summed E-state index contributed by atoms with van der Waals surface area (Å²) in [5.41, 5.74) is 1.18. The van der Waals surface area contributed by atoms with E-state index in [-0.39, 0.29) is 16.8 Å². The van der Waals surface area contributed by atoms with E-state index in [1.807, 2.05) is 6.92 Å². The van der Waals surface area contributed by atoms with E-state index in [0.717, 1.165) is 6.26 Å². The smallest absolute Gasteiger partial charge is 0.175 e. The fourth-order valence-electron chi connectivity index (χ4n) is 1.97. The van der Waals surface area contributed by atoms with Crippen molar-refractivity contribution in [3.63, 3.8) is 0 Å². The minimum Gasteiger partial charge on any atom is -0.378 e. The van der Waals surface area contributed by atoms with Crippen LogP contribution in [0.4, 0.5) is 10.1 Å². The zero-order chi connectivity index (χ0) is 14.8. The number of hydrogen-bond donors (Lipinski definition) is 1. The molecule has 0 spiro atoms. The van der Waals surface area contributed by atoms with Gasteiger partial charge in [0.2, 0.25) is 0 Å². The zero-order valence-electron chi connectivity index (χ0n) is 11.3. The molecule has 1 atom stereocenters. The van der Waals surface area contributed by atoms with Crippen molar-refractivity contribution in [3.05, 3.63) is 59.9 Å². The van der Waals surface area contributed by atoms with Gasteiger partial charge in [-0.15, -0.1) is 0 Å². The molecule has 20 heavy (non-hydrogen) atoms. The first-order valence-corrected chi connectivity index (χ1v) is 8.08. The van der Waals surface area contributed by atoms with Gasteiger partial charge in [-0.2, -0.15) is 0 Å². The summed E-state index contributed by atoms with van der Waals surface area (Å²) in [6.45, 7) is 1.82. The van der Waals surface area contributed by atoms with Crippen LogP contribution in [0.15, 0.2) is 53.4 Å². The number of rotatable bonds is 4. The second kappa shape index (κ2) is 5.63. The number of sulfone groups is 1. The maximum Gasteiger partial charge on any atom is 0.175 e. The van der Waals surface area contributed by atoms with Crippen molar-refractivity contribution in [1.82, 2.24) is 0 Å². The lowest BCUT2D eigenvalue weighted by molar-refractivity contribution is 0.599. The average Bonchev–Trinajstić information content (AvgIpc) is 2.38. The van der Waals surface area contributed by atoms with Crippen LogP contribution in [0, 0.1) is 5.82 Å². The van der Waals surface area contributed by atoms with Crippen molar-refractivity contribution >= 4 is 15.5 Å². The molecule has 1 unspecified atom stereocenters. The van der Waals surface area contributed by atoms with Gasteiger partial charge in [0.1, 0.15) is 5.82 Å². The van der Waals surface area contributed by atoms with Crippen molar-refractivity contribution < 1.29 is 12.8 Å². The SMILES string of the molecule is CC(Nc1cccc(S(C)(=O)=O)c1)c1ccccc1F. The van der Waals surface area contributed by atoms with Crippen molar-refractivity contribution in [2.75, 3.05) is 11.6 Å². The van der Waals surface area contributed by atoms with E-state index in [1.165, 1.54) is 12.1 Å². The van der Waals surface area contributed by atoms with Gasteiger partial charge in [-0.25, -0.2) is 12.8 Å². The predicted molar refractivity (Wildman–Crippen MR) is 78.0 cm³/mol. The van der Waals surface area contributed by atoms with Crippen LogP contribution < -0.4 is 5.32 Å². The van der Waals surface area contributed by atoms with Crippen LogP contribution >= 0.6 is 0 Å². The molecule has 0 aliphatic rings. The molecule has 2 aromatic rings. The maximum absolute atomic E-state index is 13.7. The third-order valence-electron chi connectivity index (χ3n) is 3.02. The van der Waals surface area contributed by atoms with E-state index in [2.05, 4.69) is 5.32 Å². The predicted octanol–water partition coefficient (Wildman–Crippen LogP) is 3.40. The molecule has 5 heteroatoms. The molecule has 0 amide bonds. The Kier molecular flexibility index (Phi) is 4.09. The van der Waals surface area contributed by atoms with Crippen LogP contribution in [-0.2, 0) is 9.84 Å². The van der Waals surface area contributed by atoms with Gasteiger partial charge in [0, 0.05) is 17.5 Å². The number of hydrogen-bond acceptors (Lipinski definition) is 3. The minimum absolute atomic E-state index is 0.239. The van der Waals surface area contributed by atoms with E-state index < -0.39 is 9.84 Å². The topological polar surface area (TPSA) is 46.2 Å². The summed E-state index contributed by atoms with van der Waals surface area (Å²) in [6.07, 6.45) is 1.16. The number of halogens is 1. The molecule has 1 N–H and O–H groups in total. The summed E-state index contributed by atoms with van der Waals surface area (Å²) in [6, 6.07) is 12.7. The summed E-state index contributed by atoms with van der Waals surface area (Å²) in [5.74, 6) is -0.285. The molecule has 0 aromatic heterocycles. The van der Waals surface area contributed by atoms with E-state index in [0.29, 0.717) is 11.3 Å². The largest absolute Gasteiger partial charge is 0.378 e. The lowest BCUT2D eigenvalue weighted by Gasteiger charge is -2.16. The molecule has 0 aliphatic carbocycles. The lowest BCUT2D eigenvalue weighted by Crippen LogP contribution is -2.09. The Bertz CT molecular complexity index is 713. The van der Waals surface area contributed by atoms with Crippen LogP contribution in [0.5, 0.6) is 0 Å². The molecule has 0 saturated carbocycles. The van der Waals surface area contributed by atoms with Gasteiger partial charge < -0.3 is 5.32 Å². The lowest BCUT2D eigenvalue weighted by atomic mass is 10.1. The van der Waals surface area contributed by atoms with Crippen LogP contribution in [0.25, 0.3) is 0 Å². The van der Waals surface area contributed by atoms with Crippen molar-refractivity contribution in [3.8, 4) is 0 Å². The quantitative estimate of drug-likeness (QED) is 0.939. The van der Waals surface area contributed by atoms with Gasteiger partial charge in [-0.05, 0) is 31.2 Å². The molecule has 2 aromatic carbocycles. The Hall–Kier alpha value is -1.88. The Labute approximate surface area is 118 Å².